The highest BCUT2D eigenvalue weighted by Gasteiger charge is 1.99. The highest BCUT2D eigenvalue weighted by atomic mass is 79.9. The fourth-order valence-electron chi connectivity index (χ4n) is 1.39. The van der Waals surface area contributed by atoms with Gasteiger partial charge in [0.2, 0.25) is 0 Å². The summed E-state index contributed by atoms with van der Waals surface area (Å²) in [6, 6.07) is 6.22. The van der Waals surface area contributed by atoms with Gasteiger partial charge in [-0.05, 0) is 37.5 Å². The van der Waals surface area contributed by atoms with E-state index in [0.29, 0.717) is 0 Å². The number of rotatable bonds is 6. The van der Waals surface area contributed by atoms with Gasteiger partial charge in [-0.15, -0.1) is 0 Å². The first-order chi connectivity index (χ1) is 7.25. The zero-order chi connectivity index (χ0) is 11.1. The van der Waals surface area contributed by atoms with Crippen LogP contribution in [0.3, 0.4) is 0 Å². The second-order valence-electron chi connectivity index (χ2n) is 3.54. The van der Waals surface area contributed by atoms with Gasteiger partial charge in [0, 0.05) is 30.4 Å². The molecule has 0 fully saturated rings. The van der Waals surface area contributed by atoms with Gasteiger partial charge >= 0.3 is 0 Å². The minimum absolute atomic E-state index is 0.846. The van der Waals surface area contributed by atoms with E-state index in [0.717, 1.165) is 30.5 Å². The van der Waals surface area contributed by atoms with E-state index < -0.39 is 0 Å². The van der Waals surface area contributed by atoms with Crippen LogP contribution >= 0.6 is 15.9 Å². The van der Waals surface area contributed by atoms with Gasteiger partial charge in [0.05, 0.1) is 0 Å². The van der Waals surface area contributed by atoms with Gasteiger partial charge in [-0.1, -0.05) is 22.0 Å². The summed E-state index contributed by atoms with van der Waals surface area (Å²) in [5.74, 6) is 0. The fraction of sp³-hybridized carbons (Fsp3) is 0.500. The summed E-state index contributed by atoms with van der Waals surface area (Å²) < 4.78 is 6.16. The average molecular weight is 272 g/mol. The first-order valence-corrected chi connectivity index (χ1v) is 6.03. The number of anilines is 1. The molecule has 0 aliphatic heterocycles. The molecule has 0 aliphatic rings. The summed E-state index contributed by atoms with van der Waals surface area (Å²) >= 11 is 3.52. The molecular weight excluding hydrogens is 254 g/mol. The fourth-order valence-corrected chi connectivity index (χ4v) is 1.76. The molecule has 2 nitrogen and oxygen atoms in total. The number of nitrogens with one attached hydrogen (secondary N) is 1. The zero-order valence-electron chi connectivity index (χ0n) is 9.35. The lowest BCUT2D eigenvalue weighted by Gasteiger charge is -2.10. The number of ether oxygens (including phenoxy) is 1. The standard InChI is InChI=1S/C12H18BrNO/c1-10-11(13)6-5-7-12(10)14-8-3-4-9-15-2/h5-7,14H,3-4,8-9H2,1-2H3. The lowest BCUT2D eigenvalue weighted by atomic mass is 10.2. The van der Waals surface area contributed by atoms with Gasteiger partial charge in [-0.3, -0.25) is 0 Å². The number of methoxy groups -OCH3 is 1. The van der Waals surface area contributed by atoms with Crippen LogP contribution in [-0.2, 0) is 4.74 Å². The molecule has 84 valence electrons. The molecule has 0 aliphatic carbocycles. The lowest BCUT2D eigenvalue weighted by Crippen LogP contribution is -2.04. The van der Waals surface area contributed by atoms with Crippen molar-refractivity contribution in [3.05, 3.63) is 28.2 Å². The van der Waals surface area contributed by atoms with E-state index in [4.69, 9.17) is 4.74 Å². The van der Waals surface area contributed by atoms with Gasteiger partial charge in [0.1, 0.15) is 0 Å². The van der Waals surface area contributed by atoms with E-state index in [1.54, 1.807) is 7.11 Å². The Hall–Kier alpha value is -0.540. The van der Waals surface area contributed by atoms with Gasteiger partial charge in [-0.25, -0.2) is 0 Å². The van der Waals surface area contributed by atoms with E-state index >= 15 is 0 Å². The minimum atomic E-state index is 0.846. The monoisotopic (exact) mass is 271 g/mol. The van der Waals surface area contributed by atoms with Crippen LogP contribution in [0.25, 0.3) is 0 Å². The molecule has 0 saturated heterocycles. The molecular formula is C12H18BrNO. The molecule has 1 aromatic rings. The highest BCUT2D eigenvalue weighted by molar-refractivity contribution is 9.10. The third kappa shape index (κ3) is 4.22. The third-order valence-electron chi connectivity index (χ3n) is 2.36. The molecule has 1 N–H and O–H groups in total. The molecule has 0 unspecified atom stereocenters. The largest absolute Gasteiger partial charge is 0.385 e. The third-order valence-corrected chi connectivity index (χ3v) is 3.22. The summed E-state index contributed by atoms with van der Waals surface area (Å²) in [4.78, 5) is 0. The second-order valence-corrected chi connectivity index (χ2v) is 4.39. The van der Waals surface area contributed by atoms with Crippen molar-refractivity contribution in [2.45, 2.75) is 19.8 Å². The van der Waals surface area contributed by atoms with Gasteiger partial charge < -0.3 is 10.1 Å². The Morgan fingerprint density at radius 3 is 2.87 bits per heavy atom. The smallest absolute Gasteiger partial charge is 0.0462 e. The maximum Gasteiger partial charge on any atom is 0.0462 e. The van der Waals surface area contributed by atoms with Crippen molar-refractivity contribution in [3.63, 3.8) is 0 Å². The SMILES string of the molecule is COCCCCNc1cccc(Br)c1C. The molecule has 0 radical (unpaired) electrons. The van der Waals surface area contributed by atoms with E-state index in [2.05, 4.69) is 46.4 Å². The van der Waals surface area contributed by atoms with Crippen LogP contribution < -0.4 is 5.32 Å². The molecule has 0 spiro atoms. The Bertz CT molecular complexity index is 302. The van der Waals surface area contributed by atoms with Crippen molar-refractivity contribution in [3.8, 4) is 0 Å². The number of unbranched alkanes of at least 4 members (excludes halogenated alkanes) is 1. The van der Waals surface area contributed by atoms with E-state index in [-0.39, 0.29) is 0 Å². The normalized spacial score (nSPS) is 10.3. The summed E-state index contributed by atoms with van der Waals surface area (Å²) in [7, 11) is 1.74. The number of benzene rings is 1. The Balaban J connectivity index is 2.34. The van der Waals surface area contributed by atoms with E-state index in [1.165, 1.54) is 11.3 Å². The van der Waals surface area contributed by atoms with Crippen LogP contribution in [0.2, 0.25) is 0 Å². The molecule has 3 heteroatoms. The topological polar surface area (TPSA) is 21.3 Å². The predicted molar refractivity (Wildman–Crippen MR) is 68.5 cm³/mol. The zero-order valence-corrected chi connectivity index (χ0v) is 10.9. The average Bonchev–Trinajstić information content (AvgIpc) is 2.24. The molecule has 1 aromatic carbocycles. The quantitative estimate of drug-likeness (QED) is 0.799. The van der Waals surface area contributed by atoms with Crippen molar-refractivity contribution < 1.29 is 4.74 Å². The Labute approximate surface area is 100 Å². The second kappa shape index (κ2) is 6.85. The van der Waals surface area contributed by atoms with Gasteiger partial charge in [0.25, 0.3) is 0 Å². The summed E-state index contributed by atoms with van der Waals surface area (Å²) in [5, 5.41) is 3.43. The van der Waals surface area contributed by atoms with Crippen molar-refractivity contribution in [2.24, 2.45) is 0 Å². The molecule has 0 amide bonds. The van der Waals surface area contributed by atoms with Crippen LogP contribution in [0.5, 0.6) is 0 Å². The maximum absolute atomic E-state index is 5.00. The summed E-state index contributed by atoms with van der Waals surface area (Å²) in [6.07, 6.45) is 2.25. The molecule has 1 rings (SSSR count). The van der Waals surface area contributed by atoms with E-state index in [1.807, 2.05) is 0 Å². The molecule has 0 heterocycles. The van der Waals surface area contributed by atoms with Crippen LogP contribution in [-0.4, -0.2) is 20.3 Å². The molecule has 0 atom stereocenters. The Kier molecular flexibility index (Phi) is 5.73. The van der Waals surface area contributed by atoms with Crippen LogP contribution in [0, 0.1) is 6.92 Å². The maximum atomic E-state index is 5.00. The summed E-state index contributed by atoms with van der Waals surface area (Å²) in [6.45, 7) is 3.96. The predicted octanol–water partition coefficient (Wildman–Crippen LogP) is 3.60. The Morgan fingerprint density at radius 1 is 1.33 bits per heavy atom. The van der Waals surface area contributed by atoms with Crippen LogP contribution in [0.15, 0.2) is 22.7 Å². The minimum Gasteiger partial charge on any atom is -0.385 e. The van der Waals surface area contributed by atoms with Gasteiger partial charge in [0.15, 0.2) is 0 Å². The van der Waals surface area contributed by atoms with Gasteiger partial charge in [-0.2, -0.15) is 0 Å². The van der Waals surface area contributed by atoms with Crippen LogP contribution in [0.4, 0.5) is 5.69 Å². The molecule has 15 heavy (non-hydrogen) atoms. The molecule has 0 bridgehead atoms. The van der Waals surface area contributed by atoms with Crippen LogP contribution in [0.1, 0.15) is 18.4 Å². The number of hydrogen-bond acceptors (Lipinski definition) is 2. The highest BCUT2D eigenvalue weighted by Crippen LogP contribution is 2.23. The van der Waals surface area contributed by atoms with Crippen molar-refractivity contribution >= 4 is 21.6 Å². The lowest BCUT2D eigenvalue weighted by molar-refractivity contribution is 0.194. The Morgan fingerprint density at radius 2 is 2.13 bits per heavy atom. The first kappa shape index (κ1) is 12.5. The number of hydrogen-bond donors (Lipinski definition) is 1. The van der Waals surface area contributed by atoms with Crippen molar-refractivity contribution in [1.29, 1.82) is 0 Å². The van der Waals surface area contributed by atoms with Crippen molar-refractivity contribution in [2.75, 3.05) is 25.6 Å². The number of halogens is 1. The molecule has 0 saturated carbocycles. The molecule has 0 aromatic heterocycles. The first-order valence-electron chi connectivity index (χ1n) is 5.23. The van der Waals surface area contributed by atoms with E-state index in [9.17, 15) is 0 Å². The summed E-state index contributed by atoms with van der Waals surface area (Å²) in [5.41, 5.74) is 2.48. The van der Waals surface area contributed by atoms with Crippen molar-refractivity contribution in [1.82, 2.24) is 0 Å².